The van der Waals surface area contributed by atoms with Crippen molar-refractivity contribution in [2.24, 2.45) is 0 Å². The van der Waals surface area contributed by atoms with Crippen LogP contribution in [0.3, 0.4) is 0 Å². The maximum Gasteiger partial charge on any atom is 0.214 e. The zero-order chi connectivity index (χ0) is 15.4. The lowest BCUT2D eigenvalue weighted by Gasteiger charge is -2.09. The first-order valence-electron chi connectivity index (χ1n) is 6.11. The Hall–Kier alpha value is -2.46. The third-order valence-corrected chi connectivity index (χ3v) is 3.07. The van der Waals surface area contributed by atoms with Crippen LogP contribution in [-0.4, -0.2) is 22.9 Å². The van der Waals surface area contributed by atoms with Crippen LogP contribution in [0.2, 0.25) is 5.02 Å². The molecule has 0 saturated heterocycles. The summed E-state index contributed by atoms with van der Waals surface area (Å²) < 4.78 is 5.06. The molecule has 2 aromatic rings. The van der Waals surface area contributed by atoms with Gasteiger partial charge in [0.1, 0.15) is 5.69 Å². The van der Waals surface area contributed by atoms with E-state index in [1.54, 1.807) is 24.3 Å². The molecule has 5 heteroatoms. The van der Waals surface area contributed by atoms with Gasteiger partial charge in [-0.05, 0) is 18.2 Å². The molecule has 0 bridgehead atoms. The van der Waals surface area contributed by atoms with Crippen LogP contribution in [-0.2, 0) is 0 Å². The molecule has 0 amide bonds. The van der Waals surface area contributed by atoms with Gasteiger partial charge in [-0.2, -0.15) is 0 Å². The number of hydrogen-bond acceptors (Lipinski definition) is 4. The molecular formula is C16H13ClN2O2. The Morgan fingerprint density at radius 3 is 2.71 bits per heavy atom. The molecule has 0 aliphatic heterocycles. The van der Waals surface area contributed by atoms with Gasteiger partial charge in [-0.3, -0.25) is 9.78 Å². The van der Waals surface area contributed by atoms with Gasteiger partial charge in [0, 0.05) is 17.8 Å². The molecule has 21 heavy (non-hydrogen) atoms. The largest absolute Gasteiger partial charge is 0.481 e. The lowest BCUT2D eigenvalue weighted by Crippen LogP contribution is -2.10. The topological polar surface area (TPSA) is 52.1 Å². The standard InChI is InChI=1S/C16H13ClN2O2/c1-4-10-6-7-14(21-3)19-15(10)16(20)12-8-11(17)9-18-13(12)5-2/h4-9H,1-2H2,3H3. The van der Waals surface area contributed by atoms with Crippen molar-refractivity contribution in [2.45, 2.75) is 0 Å². The number of carbonyl (C=O) groups excluding carboxylic acids is 1. The van der Waals surface area contributed by atoms with Crippen molar-refractivity contribution >= 4 is 29.5 Å². The van der Waals surface area contributed by atoms with E-state index in [1.807, 2.05) is 0 Å². The summed E-state index contributed by atoms with van der Waals surface area (Å²) in [5.41, 5.74) is 1.62. The maximum atomic E-state index is 12.7. The molecule has 0 spiro atoms. The van der Waals surface area contributed by atoms with Gasteiger partial charge in [0.25, 0.3) is 0 Å². The minimum Gasteiger partial charge on any atom is -0.481 e. The first-order chi connectivity index (χ1) is 10.1. The van der Waals surface area contributed by atoms with Crippen LogP contribution in [0.1, 0.15) is 27.3 Å². The molecule has 106 valence electrons. The second-order valence-electron chi connectivity index (χ2n) is 4.12. The highest BCUT2D eigenvalue weighted by molar-refractivity contribution is 6.31. The minimum absolute atomic E-state index is 0.233. The van der Waals surface area contributed by atoms with Gasteiger partial charge in [-0.25, -0.2) is 4.98 Å². The average molecular weight is 301 g/mol. The van der Waals surface area contributed by atoms with Crippen molar-refractivity contribution in [3.8, 4) is 5.88 Å². The molecular weight excluding hydrogens is 288 g/mol. The number of carbonyl (C=O) groups is 1. The SMILES string of the molecule is C=Cc1ccc(OC)nc1C(=O)c1cc(Cl)cnc1C=C. The summed E-state index contributed by atoms with van der Waals surface area (Å²) in [7, 11) is 1.49. The lowest BCUT2D eigenvalue weighted by molar-refractivity contribution is 0.103. The average Bonchev–Trinajstić information content (AvgIpc) is 2.53. The molecule has 0 aromatic carbocycles. The Bertz CT molecular complexity index is 726. The van der Waals surface area contributed by atoms with Crippen LogP contribution in [0, 0.1) is 0 Å². The van der Waals surface area contributed by atoms with Gasteiger partial charge in [0.15, 0.2) is 0 Å². The van der Waals surface area contributed by atoms with Crippen molar-refractivity contribution < 1.29 is 9.53 Å². The third kappa shape index (κ3) is 3.01. The number of aromatic nitrogens is 2. The van der Waals surface area contributed by atoms with Crippen LogP contribution in [0.15, 0.2) is 37.6 Å². The van der Waals surface area contributed by atoms with Crippen molar-refractivity contribution in [1.29, 1.82) is 0 Å². The molecule has 4 nitrogen and oxygen atoms in total. The summed E-state index contributed by atoms with van der Waals surface area (Å²) in [4.78, 5) is 21.0. The Balaban J connectivity index is 2.61. The number of pyridine rings is 2. The van der Waals surface area contributed by atoms with E-state index in [4.69, 9.17) is 16.3 Å². The summed E-state index contributed by atoms with van der Waals surface area (Å²) in [6, 6.07) is 4.93. The predicted molar refractivity (Wildman–Crippen MR) is 83.7 cm³/mol. The van der Waals surface area contributed by atoms with Gasteiger partial charge in [-0.1, -0.05) is 30.8 Å². The molecule has 0 atom stereocenters. The van der Waals surface area contributed by atoms with E-state index in [1.165, 1.54) is 19.4 Å². The monoisotopic (exact) mass is 300 g/mol. The maximum absolute atomic E-state index is 12.7. The number of nitrogens with zero attached hydrogens (tertiary/aromatic N) is 2. The van der Waals surface area contributed by atoms with E-state index in [-0.39, 0.29) is 11.5 Å². The van der Waals surface area contributed by atoms with Crippen LogP contribution in [0.5, 0.6) is 5.88 Å². The number of ether oxygens (including phenoxy) is 1. The zero-order valence-corrected chi connectivity index (χ0v) is 12.2. The molecule has 2 rings (SSSR count). The quantitative estimate of drug-likeness (QED) is 0.791. The number of halogens is 1. The summed E-state index contributed by atoms with van der Waals surface area (Å²) in [6.07, 6.45) is 4.52. The Labute approximate surface area is 127 Å². The Kier molecular flexibility index (Phi) is 4.50. The van der Waals surface area contributed by atoms with Gasteiger partial charge in [-0.15, -0.1) is 0 Å². The van der Waals surface area contributed by atoms with Crippen molar-refractivity contribution in [3.63, 3.8) is 0 Å². The highest BCUT2D eigenvalue weighted by Crippen LogP contribution is 2.21. The summed E-state index contributed by atoms with van der Waals surface area (Å²) in [5, 5.41) is 0.368. The molecule has 0 aliphatic carbocycles. The minimum atomic E-state index is -0.311. The second-order valence-corrected chi connectivity index (χ2v) is 4.55. The molecule has 0 fully saturated rings. The summed E-state index contributed by atoms with van der Waals surface area (Å²) in [6.45, 7) is 7.34. The van der Waals surface area contributed by atoms with E-state index in [2.05, 4.69) is 23.1 Å². The second kappa shape index (κ2) is 6.33. The van der Waals surface area contributed by atoms with Crippen molar-refractivity contribution in [3.05, 3.63) is 65.1 Å². The van der Waals surface area contributed by atoms with E-state index in [0.29, 0.717) is 27.7 Å². The summed E-state index contributed by atoms with van der Waals surface area (Å²) >= 11 is 5.92. The van der Waals surface area contributed by atoms with Gasteiger partial charge in [0.2, 0.25) is 11.7 Å². The highest BCUT2D eigenvalue weighted by atomic mass is 35.5. The van der Waals surface area contributed by atoms with E-state index in [9.17, 15) is 4.79 Å². The van der Waals surface area contributed by atoms with Crippen LogP contribution in [0.25, 0.3) is 12.2 Å². The fourth-order valence-electron chi connectivity index (χ4n) is 1.83. The van der Waals surface area contributed by atoms with Gasteiger partial charge >= 0.3 is 0 Å². The first-order valence-corrected chi connectivity index (χ1v) is 6.48. The molecule has 0 saturated carbocycles. The van der Waals surface area contributed by atoms with E-state index in [0.717, 1.165) is 0 Å². The molecule has 0 N–H and O–H groups in total. The van der Waals surface area contributed by atoms with Gasteiger partial charge in [0.05, 0.1) is 23.4 Å². The Morgan fingerprint density at radius 1 is 1.33 bits per heavy atom. The zero-order valence-electron chi connectivity index (χ0n) is 11.5. The predicted octanol–water partition coefficient (Wildman–Crippen LogP) is 3.66. The fraction of sp³-hybridized carbons (Fsp3) is 0.0625. The molecule has 0 aliphatic rings. The smallest absolute Gasteiger partial charge is 0.214 e. The van der Waals surface area contributed by atoms with Crippen LogP contribution in [0.4, 0.5) is 0 Å². The lowest BCUT2D eigenvalue weighted by atomic mass is 10.0. The van der Waals surface area contributed by atoms with E-state index >= 15 is 0 Å². The number of methoxy groups -OCH3 is 1. The Morgan fingerprint density at radius 2 is 2.10 bits per heavy atom. The molecule has 2 heterocycles. The molecule has 0 unspecified atom stereocenters. The summed E-state index contributed by atoms with van der Waals surface area (Å²) in [5.74, 6) is 0.0350. The van der Waals surface area contributed by atoms with Crippen LogP contribution >= 0.6 is 11.6 Å². The van der Waals surface area contributed by atoms with Crippen molar-refractivity contribution in [2.75, 3.05) is 7.11 Å². The number of hydrogen-bond donors (Lipinski definition) is 0. The van der Waals surface area contributed by atoms with E-state index < -0.39 is 0 Å². The number of ketones is 1. The molecule has 0 radical (unpaired) electrons. The van der Waals surface area contributed by atoms with Crippen molar-refractivity contribution in [1.82, 2.24) is 9.97 Å². The first kappa shape index (κ1) is 14.9. The molecule has 2 aromatic heterocycles. The van der Waals surface area contributed by atoms with Gasteiger partial charge < -0.3 is 4.74 Å². The third-order valence-electron chi connectivity index (χ3n) is 2.87. The number of rotatable bonds is 5. The normalized spacial score (nSPS) is 10.0. The van der Waals surface area contributed by atoms with Crippen LogP contribution < -0.4 is 4.74 Å². The highest BCUT2D eigenvalue weighted by Gasteiger charge is 2.19. The fourth-order valence-corrected chi connectivity index (χ4v) is 1.99.